The SMILES string of the molecule is O=C(O)C(Oc1ccc(OCc2c(Cl)cccc2Cl)cc1)c1ccccc1. The molecule has 0 aliphatic heterocycles. The Labute approximate surface area is 166 Å². The zero-order valence-electron chi connectivity index (χ0n) is 14.1. The van der Waals surface area contributed by atoms with Gasteiger partial charge in [-0.05, 0) is 36.4 Å². The highest BCUT2D eigenvalue weighted by molar-refractivity contribution is 6.35. The fourth-order valence-corrected chi connectivity index (χ4v) is 2.97. The molecule has 27 heavy (non-hydrogen) atoms. The van der Waals surface area contributed by atoms with Gasteiger partial charge in [-0.15, -0.1) is 0 Å². The fourth-order valence-electron chi connectivity index (χ4n) is 2.47. The Morgan fingerprint density at radius 3 is 2.04 bits per heavy atom. The van der Waals surface area contributed by atoms with Crippen LogP contribution < -0.4 is 9.47 Å². The Morgan fingerprint density at radius 1 is 0.852 bits per heavy atom. The van der Waals surface area contributed by atoms with Crippen LogP contribution in [0.15, 0.2) is 72.8 Å². The van der Waals surface area contributed by atoms with Crippen LogP contribution in [0.1, 0.15) is 17.2 Å². The average Bonchev–Trinajstić information content (AvgIpc) is 2.67. The van der Waals surface area contributed by atoms with Gasteiger partial charge in [-0.2, -0.15) is 0 Å². The van der Waals surface area contributed by atoms with Crippen LogP contribution >= 0.6 is 23.2 Å². The largest absolute Gasteiger partial charge is 0.489 e. The molecule has 3 aromatic carbocycles. The summed E-state index contributed by atoms with van der Waals surface area (Å²) in [4.78, 5) is 11.5. The minimum atomic E-state index is -1.08. The number of ether oxygens (including phenoxy) is 2. The highest BCUT2D eigenvalue weighted by atomic mass is 35.5. The molecule has 0 fully saturated rings. The van der Waals surface area contributed by atoms with Crippen molar-refractivity contribution in [3.05, 3.63) is 94.0 Å². The number of benzene rings is 3. The van der Waals surface area contributed by atoms with Gasteiger partial charge in [0.1, 0.15) is 18.1 Å². The fraction of sp³-hybridized carbons (Fsp3) is 0.0952. The Bertz CT molecular complexity index is 891. The molecular weight excluding hydrogens is 387 g/mol. The first-order valence-electron chi connectivity index (χ1n) is 8.15. The van der Waals surface area contributed by atoms with E-state index in [1.165, 1.54) is 0 Å². The van der Waals surface area contributed by atoms with Crippen molar-refractivity contribution in [2.45, 2.75) is 12.7 Å². The summed E-state index contributed by atoms with van der Waals surface area (Å²) in [5, 5.41) is 10.5. The van der Waals surface area contributed by atoms with E-state index < -0.39 is 12.1 Å². The van der Waals surface area contributed by atoms with Crippen LogP contribution in [0.4, 0.5) is 0 Å². The Morgan fingerprint density at radius 2 is 1.44 bits per heavy atom. The van der Waals surface area contributed by atoms with E-state index in [1.54, 1.807) is 66.7 Å². The second kappa shape index (κ2) is 8.80. The lowest BCUT2D eigenvalue weighted by Gasteiger charge is -2.16. The lowest BCUT2D eigenvalue weighted by molar-refractivity contribution is -0.145. The van der Waals surface area contributed by atoms with Gasteiger partial charge < -0.3 is 14.6 Å². The molecule has 0 saturated carbocycles. The number of aliphatic carboxylic acids is 1. The number of carboxylic acid groups (broad SMARTS) is 1. The van der Waals surface area contributed by atoms with Gasteiger partial charge in [0.05, 0.1) is 0 Å². The van der Waals surface area contributed by atoms with Crippen LogP contribution in [0.5, 0.6) is 11.5 Å². The lowest BCUT2D eigenvalue weighted by atomic mass is 10.1. The summed E-state index contributed by atoms with van der Waals surface area (Å²) >= 11 is 12.3. The molecule has 0 amide bonds. The summed E-state index contributed by atoms with van der Waals surface area (Å²) in [6.45, 7) is 0.223. The van der Waals surface area contributed by atoms with E-state index in [9.17, 15) is 9.90 Å². The lowest BCUT2D eigenvalue weighted by Crippen LogP contribution is -2.18. The number of hydrogen-bond donors (Lipinski definition) is 1. The second-order valence-corrected chi connectivity index (χ2v) is 6.52. The zero-order chi connectivity index (χ0) is 19.2. The minimum absolute atomic E-state index is 0.223. The molecule has 138 valence electrons. The van der Waals surface area contributed by atoms with Crippen molar-refractivity contribution in [3.63, 3.8) is 0 Å². The molecule has 0 heterocycles. The maximum absolute atomic E-state index is 11.5. The van der Waals surface area contributed by atoms with Crippen LogP contribution in [0.2, 0.25) is 10.0 Å². The predicted molar refractivity (Wildman–Crippen MR) is 105 cm³/mol. The summed E-state index contributed by atoms with van der Waals surface area (Å²) in [6, 6.07) is 20.8. The van der Waals surface area contributed by atoms with E-state index in [0.29, 0.717) is 32.7 Å². The van der Waals surface area contributed by atoms with Gasteiger partial charge in [-0.3, -0.25) is 0 Å². The zero-order valence-corrected chi connectivity index (χ0v) is 15.7. The molecule has 0 aliphatic carbocycles. The maximum Gasteiger partial charge on any atom is 0.349 e. The third kappa shape index (κ3) is 4.94. The molecule has 4 nitrogen and oxygen atoms in total. The molecule has 1 N–H and O–H groups in total. The monoisotopic (exact) mass is 402 g/mol. The second-order valence-electron chi connectivity index (χ2n) is 5.71. The van der Waals surface area contributed by atoms with Gasteiger partial charge in [0.15, 0.2) is 0 Å². The quantitative estimate of drug-likeness (QED) is 0.544. The molecule has 1 unspecified atom stereocenters. The van der Waals surface area contributed by atoms with Crippen molar-refractivity contribution in [1.29, 1.82) is 0 Å². The van der Waals surface area contributed by atoms with Gasteiger partial charge >= 0.3 is 5.97 Å². The first-order chi connectivity index (χ1) is 13.0. The van der Waals surface area contributed by atoms with Gasteiger partial charge in [-0.1, -0.05) is 59.6 Å². The van der Waals surface area contributed by atoms with Gasteiger partial charge in [0.25, 0.3) is 0 Å². The molecule has 3 aromatic rings. The summed E-state index contributed by atoms with van der Waals surface area (Å²) in [5.41, 5.74) is 1.27. The first kappa shape index (κ1) is 19.1. The molecule has 0 bridgehead atoms. The first-order valence-corrected chi connectivity index (χ1v) is 8.90. The van der Waals surface area contributed by atoms with Crippen molar-refractivity contribution in [3.8, 4) is 11.5 Å². The molecule has 0 aromatic heterocycles. The summed E-state index contributed by atoms with van der Waals surface area (Å²) in [5.74, 6) is -0.0470. The van der Waals surface area contributed by atoms with Crippen molar-refractivity contribution in [2.24, 2.45) is 0 Å². The third-order valence-electron chi connectivity index (χ3n) is 3.85. The summed E-state index contributed by atoms with van der Waals surface area (Å²) in [6.07, 6.45) is -1.08. The predicted octanol–water partition coefficient (Wildman–Crippen LogP) is 5.78. The van der Waals surface area contributed by atoms with Crippen LogP contribution in [-0.2, 0) is 11.4 Å². The van der Waals surface area contributed by atoms with Crippen LogP contribution in [0, 0.1) is 0 Å². The highest BCUT2D eigenvalue weighted by Gasteiger charge is 2.21. The minimum Gasteiger partial charge on any atom is -0.489 e. The maximum atomic E-state index is 11.5. The topological polar surface area (TPSA) is 55.8 Å². The Kier molecular flexibility index (Phi) is 6.22. The molecular formula is C21H16Cl2O4. The van der Waals surface area contributed by atoms with E-state index in [4.69, 9.17) is 32.7 Å². The molecule has 1 atom stereocenters. The number of carboxylic acids is 1. The van der Waals surface area contributed by atoms with E-state index in [0.717, 1.165) is 0 Å². The summed E-state index contributed by atoms with van der Waals surface area (Å²) in [7, 11) is 0. The molecule has 0 saturated heterocycles. The van der Waals surface area contributed by atoms with E-state index >= 15 is 0 Å². The summed E-state index contributed by atoms with van der Waals surface area (Å²) < 4.78 is 11.3. The van der Waals surface area contributed by atoms with Gasteiger partial charge in [0.2, 0.25) is 6.10 Å². The van der Waals surface area contributed by atoms with Crippen molar-refractivity contribution < 1.29 is 19.4 Å². The molecule has 0 radical (unpaired) electrons. The van der Waals surface area contributed by atoms with Crippen molar-refractivity contribution in [1.82, 2.24) is 0 Å². The smallest absolute Gasteiger partial charge is 0.349 e. The standard InChI is InChI=1S/C21H16Cl2O4/c22-18-7-4-8-19(23)17(18)13-26-15-9-11-16(12-10-15)27-20(21(24)25)14-5-2-1-3-6-14/h1-12,20H,13H2,(H,24,25). The molecule has 0 aliphatic rings. The van der Waals surface area contributed by atoms with Crippen molar-refractivity contribution >= 4 is 29.2 Å². The molecule has 3 rings (SSSR count). The molecule has 0 spiro atoms. The van der Waals surface area contributed by atoms with Gasteiger partial charge in [-0.25, -0.2) is 4.79 Å². The average molecular weight is 403 g/mol. The Balaban J connectivity index is 1.67. The number of rotatable bonds is 7. The Hall–Kier alpha value is -2.69. The van der Waals surface area contributed by atoms with Crippen LogP contribution in [-0.4, -0.2) is 11.1 Å². The van der Waals surface area contributed by atoms with E-state index in [2.05, 4.69) is 0 Å². The third-order valence-corrected chi connectivity index (χ3v) is 4.56. The number of hydrogen-bond acceptors (Lipinski definition) is 3. The molecule has 6 heteroatoms. The highest BCUT2D eigenvalue weighted by Crippen LogP contribution is 2.28. The van der Waals surface area contributed by atoms with Crippen LogP contribution in [0.25, 0.3) is 0 Å². The van der Waals surface area contributed by atoms with Gasteiger partial charge in [0, 0.05) is 21.2 Å². The normalized spacial score (nSPS) is 11.6. The van der Waals surface area contributed by atoms with E-state index in [-0.39, 0.29) is 6.61 Å². The number of halogens is 2. The van der Waals surface area contributed by atoms with Crippen molar-refractivity contribution in [2.75, 3.05) is 0 Å². The van der Waals surface area contributed by atoms with Crippen LogP contribution in [0.3, 0.4) is 0 Å². The van der Waals surface area contributed by atoms with E-state index in [1.807, 2.05) is 6.07 Å². The number of carbonyl (C=O) groups is 1.